The lowest BCUT2D eigenvalue weighted by Crippen LogP contribution is -2.55. The van der Waals surface area contributed by atoms with Gasteiger partial charge in [0.2, 0.25) is 17.7 Å². The van der Waals surface area contributed by atoms with Crippen LogP contribution in [0.15, 0.2) is 18.2 Å². The summed E-state index contributed by atoms with van der Waals surface area (Å²) >= 11 is 0. The van der Waals surface area contributed by atoms with Crippen LogP contribution in [-0.4, -0.2) is 59.1 Å². The van der Waals surface area contributed by atoms with E-state index in [1.54, 1.807) is 0 Å². The minimum absolute atomic E-state index is 0.130. The molecule has 0 bridgehead atoms. The first-order valence-electron chi connectivity index (χ1n) is 9.88. The SMILES string of the molecule is C[C@H](O)[C@@H]1N[C@@]2(C(=O)Nc3ccc(F)cc32)[C@H]2C(=O)N(C[C@@H]3CCCO3)C(=O)[C@@H]12. The van der Waals surface area contributed by atoms with Crippen molar-refractivity contribution < 1.29 is 28.6 Å². The predicted octanol–water partition coefficient (Wildman–Crippen LogP) is 0.106. The molecule has 29 heavy (non-hydrogen) atoms. The lowest BCUT2D eigenvalue weighted by atomic mass is 9.76. The van der Waals surface area contributed by atoms with Gasteiger partial charge >= 0.3 is 0 Å². The first-order valence-corrected chi connectivity index (χ1v) is 9.88. The number of carbonyl (C=O) groups excluding carboxylic acids is 3. The van der Waals surface area contributed by atoms with Gasteiger partial charge in [-0.3, -0.25) is 24.6 Å². The number of likely N-dealkylation sites (tertiary alicyclic amines) is 1. The van der Waals surface area contributed by atoms with Crippen molar-refractivity contribution in [2.24, 2.45) is 11.8 Å². The molecule has 0 unspecified atom stereocenters. The smallest absolute Gasteiger partial charge is 0.250 e. The van der Waals surface area contributed by atoms with E-state index in [1.165, 1.54) is 25.1 Å². The molecule has 4 aliphatic heterocycles. The van der Waals surface area contributed by atoms with Gasteiger partial charge in [0.15, 0.2) is 0 Å². The van der Waals surface area contributed by atoms with Crippen molar-refractivity contribution in [1.82, 2.24) is 10.2 Å². The number of carbonyl (C=O) groups is 3. The minimum atomic E-state index is -1.60. The topological polar surface area (TPSA) is 108 Å². The van der Waals surface area contributed by atoms with Gasteiger partial charge in [-0.05, 0) is 38.0 Å². The minimum Gasteiger partial charge on any atom is -0.392 e. The second-order valence-corrected chi connectivity index (χ2v) is 8.29. The van der Waals surface area contributed by atoms with Crippen LogP contribution in [0.4, 0.5) is 10.1 Å². The summed E-state index contributed by atoms with van der Waals surface area (Å²) in [5.41, 5.74) is -0.908. The molecule has 0 radical (unpaired) electrons. The van der Waals surface area contributed by atoms with Gasteiger partial charge in [-0.1, -0.05) is 0 Å². The molecule has 1 spiro atoms. The van der Waals surface area contributed by atoms with Crippen LogP contribution < -0.4 is 10.6 Å². The Bertz CT molecular complexity index is 915. The molecular weight excluding hydrogens is 381 g/mol. The fourth-order valence-electron chi connectivity index (χ4n) is 5.35. The normalized spacial score (nSPS) is 36.7. The van der Waals surface area contributed by atoms with Crippen molar-refractivity contribution >= 4 is 23.4 Å². The van der Waals surface area contributed by atoms with Gasteiger partial charge in [-0.25, -0.2) is 4.39 Å². The van der Waals surface area contributed by atoms with Crippen LogP contribution in [0.2, 0.25) is 0 Å². The van der Waals surface area contributed by atoms with Gasteiger partial charge in [0.25, 0.3) is 0 Å². The van der Waals surface area contributed by atoms with Gasteiger partial charge in [0.05, 0.1) is 30.6 Å². The number of anilines is 1. The maximum Gasteiger partial charge on any atom is 0.250 e. The summed E-state index contributed by atoms with van der Waals surface area (Å²) in [4.78, 5) is 40.9. The number of rotatable bonds is 3. The van der Waals surface area contributed by atoms with Crippen LogP contribution in [0.25, 0.3) is 0 Å². The lowest BCUT2D eigenvalue weighted by Gasteiger charge is -2.30. The summed E-state index contributed by atoms with van der Waals surface area (Å²) in [7, 11) is 0. The first kappa shape index (κ1) is 18.7. The molecule has 6 atom stereocenters. The molecule has 1 aromatic rings. The number of imide groups is 1. The average molecular weight is 403 g/mol. The van der Waals surface area contributed by atoms with Crippen LogP contribution in [0.1, 0.15) is 25.3 Å². The van der Waals surface area contributed by atoms with Crippen LogP contribution in [0.5, 0.6) is 0 Å². The standard InChI is InChI=1S/C20H22FN3O5/c1-9(25)16-14-15(18(27)24(17(14)26)8-11-3-2-6-29-11)20(23-16)12-7-10(21)4-5-13(12)22-19(20)28/h4-5,7,9,11,14-16,23,25H,2-3,6,8H2,1H3,(H,22,28)/t9-,11-,14+,15+,16-,20+/m0/s1. The van der Waals surface area contributed by atoms with Crippen LogP contribution >= 0.6 is 0 Å². The van der Waals surface area contributed by atoms with Crippen molar-refractivity contribution in [2.75, 3.05) is 18.5 Å². The number of aliphatic hydroxyl groups excluding tert-OH is 1. The molecule has 0 saturated carbocycles. The highest BCUT2D eigenvalue weighted by Crippen LogP contribution is 2.53. The highest BCUT2D eigenvalue weighted by atomic mass is 19.1. The fourth-order valence-corrected chi connectivity index (χ4v) is 5.35. The fraction of sp³-hybridized carbons (Fsp3) is 0.550. The number of aliphatic hydroxyl groups is 1. The van der Waals surface area contributed by atoms with E-state index in [9.17, 15) is 23.9 Å². The number of nitrogens with one attached hydrogen (secondary N) is 2. The van der Waals surface area contributed by atoms with Crippen LogP contribution in [-0.2, 0) is 24.7 Å². The summed E-state index contributed by atoms with van der Waals surface area (Å²) in [5, 5.41) is 16.1. The zero-order valence-electron chi connectivity index (χ0n) is 15.9. The molecule has 3 fully saturated rings. The second-order valence-electron chi connectivity index (χ2n) is 8.29. The van der Waals surface area contributed by atoms with E-state index in [4.69, 9.17) is 4.74 Å². The van der Waals surface area contributed by atoms with E-state index in [0.717, 1.165) is 17.7 Å². The van der Waals surface area contributed by atoms with Crippen molar-refractivity contribution in [2.45, 2.75) is 43.6 Å². The largest absolute Gasteiger partial charge is 0.392 e. The van der Waals surface area contributed by atoms with E-state index >= 15 is 0 Å². The number of nitrogens with zero attached hydrogens (tertiary/aromatic N) is 1. The zero-order valence-corrected chi connectivity index (χ0v) is 15.9. The molecule has 3 saturated heterocycles. The number of hydrogen-bond donors (Lipinski definition) is 3. The zero-order chi connectivity index (χ0) is 20.5. The highest BCUT2D eigenvalue weighted by Gasteiger charge is 2.71. The van der Waals surface area contributed by atoms with Crippen LogP contribution in [0, 0.1) is 17.7 Å². The average Bonchev–Trinajstić information content (AvgIpc) is 3.41. The molecular formula is C20H22FN3O5. The monoisotopic (exact) mass is 403 g/mol. The summed E-state index contributed by atoms with van der Waals surface area (Å²) in [6, 6.07) is 3.06. The number of hydrogen-bond acceptors (Lipinski definition) is 6. The van der Waals surface area contributed by atoms with E-state index in [2.05, 4.69) is 10.6 Å². The lowest BCUT2D eigenvalue weighted by molar-refractivity contribution is -0.144. The summed E-state index contributed by atoms with van der Waals surface area (Å²) in [6.45, 7) is 2.23. The molecule has 3 amide bonds. The Hall–Kier alpha value is -2.36. The molecule has 154 valence electrons. The Morgan fingerprint density at radius 2 is 2.14 bits per heavy atom. The molecule has 1 aromatic carbocycles. The Kier molecular flexibility index (Phi) is 4.06. The van der Waals surface area contributed by atoms with Gasteiger partial charge in [-0.2, -0.15) is 0 Å². The Morgan fingerprint density at radius 3 is 2.83 bits per heavy atom. The molecule has 4 heterocycles. The number of ether oxygens (including phenoxy) is 1. The van der Waals surface area contributed by atoms with E-state index in [1.807, 2.05) is 0 Å². The van der Waals surface area contributed by atoms with Gasteiger partial charge in [-0.15, -0.1) is 0 Å². The maximum absolute atomic E-state index is 14.1. The van der Waals surface area contributed by atoms with Gasteiger partial charge < -0.3 is 15.2 Å². The molecule has 3 N–H and O–H groups in total. The predicted molar refractivity (Wildman–Crippen MR) is 98.0 cm³/mol. The van der Waals surface area contributed by atoms with Gasteiger partial charge in [0.1, 0.15) is 11.4 Å². The van der Waals surface area contributed by atoms with Crippen molar-refractivity contribution in [3.05, 3.63) is 29.6 Å². The quantitative estimate of drug-likeness (QED) is 0.618. The Morgan fingerprint density at radius 1 is 1.34 bits per heavy atom. The van der Waals surface area contributed by atoms with Crippen molar-refractivity contribution in [1.29, 1.82) is 0 Å². The summed E-state index contributed by atoms with van der Waals surface area (Å²) in [6.07, 6.45) is 0.402. The first-order chi connectivity index (χ1) is 13.8. The molecule has 0 aromatic heterocycles. The molecule has 8 nitrogen and oxygen atoms in total. The number of halogens is 1. The van der Waals surface area contributed by atoms with Crippen molar-refractivity contribution in [3.8, 4) is 0 Å². The van der Waals surface area contributed by atoms with Gasteiger partial charge in [0, 0.05) is 23.9 Å². The van der Waals surface area contributed by atoms with E-state index < -0.39 is 53.1 Å². The molecule has 5 rings (SSSR count). The molecule has 0 aliphatic carbocycles. The summed E-state index contributed by atoms with van der Waals surface area (Å²) in [5.74, 6) is -3.95. The number of fused-ring (bicyclic) bond motifs is 4. The van der Waals surface area contributed by atoms with Crippen LogP contribution in [0.3, 0.4) is 0 Å². The number of amides is 3. The van der Waals surface area contributed by atoms with E-state index in [-0.39, 0.29) is 12.6 Å². The third-order valence-corrected chi connectivity index (χ3v) is 6.63. The third kappa shape index (κ3) is 2.44. The van der Waals surface area contributed by atoms with Crippen molar-refractivity contribution in [3.63, 3.8) is 0 Å². The van der Waals surface area contributed by atoms with E-state index in [0.29, 0.717) is 17.9 Å². The summed E-state index contributed by atoms with van der Waals surface area (Å²) < 4.78 is 19.6. The maximum atomic E-state index is 14.1. The second kappa shape index (κ2) is 6.32. The Balaban J connectivity index is 1.61. The third-order valence-electron chi connectivity index (χ3n) is 6.63. The highest BCUT2D eigenvalue weighted by molar-refractivity contribution is 6.15. The molecule has 4 aliphatic rings. The Labute approximate surface area is 166 Å². The number of benzene rings is 1. The molecule has 9 heteroatoms.